The molecule has 8 aromatic rings. The van der Waals surface area contributed by atoms with Gasteiger partial charge in [0.05, 0.1) is 37.2 Å². The van der Waals surface area contributed by atoms with Gasteiger partial charge in [-0.15, -0.1) is 0 Å². The summed E-state index contributed by atoms with van der Waals surface area (Å²) < 4.78 is 245. The number of nitrogens with two attached hydrogens (primary N) is 6. The van der Waals surface area contributed by atoms with Gasteiger partial charge in [0.15, 0.2) is 70.3 Å². The summed E-state index contributed by atoms with van der Waals surface area (Å²) in [6, 6.07) is 21.6. The number of ether oxygens (including phenoxy) is 4. The number of phosphoric acid groups is 4. The summed E-state index contributed by atoms with van der Waals surface area (Å²) in [7, 11) is -40.1. The van der Waals surface area contributed by atoms with E-state index in [1.807, 2.05) is 0 Å². The first-order valence-electron chi connectivity index (χ1n) is 41.1. The minimum absolute atomic E-state index is 0.00236. The number of aromatic nitrogens is 8. The van der Waals surface area contributed by atoms with Crippen LogP contribution >= 0.6 is 31.3 Å². The van der Waals surface area contributed by atoms with Crippen LogP contribution in [0.5, 0.6) is 0 Å². The predicted octanol–water partition coefficient (Wildman–Crippen LogP) is -2.87. The number of aliphatic hydroxyl groups is 2. The third-order valence-electron chi connectivity index (χ3n) is 21.5. The summed E-state index contributed by atoms with van der Waals surface area (Å²) in [6.07, 6.45) is -10.8. The fourth-order valence-electron chi connectivity index (χ4n) is 15.4. The van der Waals surface area contributed by atoms with Gasteiger partial charge in [0.25, 0.3) is 11.8 Å². The molecule has 10 atom stereocenters. The number of rotatable bonds is 36. The number of nitrogens with one attached hydrogen (secondary N) is 4. The number of amides is 6. The first-order valence-corrected chi connectivity index (χ1v) is 52.9. The first kappa shape index (κ1) is 108. The number of nitrogen functional groups attached to an aromatic ring is 4. The van der Waals surface area contributed by atoms with E-state index in [1.165, 1.54) is 106 Å². The lowest BCUT2D eigenvalue weighted by atomic mass is 9.90. The number of phosphoric ester groups is 2. The van der Waals surface area contributed by atoms with E-state index in [9.17, 15) is 119 Å². The maximum Gasteiger partial charge on any atom is 0.481 e. The van der Waals surface area contributed by atoms with Crippen molar-refractivity contribution in [2.24, 2.45) is 0 Å². The highest BCUT2D eigenvalue weighted by Crippen LogP contribution is 2.60. The Morgan fingerprint density at radius 2 is 0.868 bits per heavy atom. The van der Waals surface area contributed by atoms with E-state index in [4.69, 9.17) is 81.1 Å². The van der Waals surface area contributed by atoms with E-state index < -0.39 is 234 Å². The van der Waals surface area contributed by atoms with Gasteiger partial charge in [-0.2, -0.15) is 25.5 Å². The highest BCUT2D eigenvalue weighted by Gasteiger charge is 2.52. The van der Waals surface area contributed by atoms with Crippen molar-refractivity contribution in [1.29, 1.82) is 0 Å². The lowest BCUT2D eigenvalue weighted by Crippen LogP contribution is -2.47. The van der Waals surface area contributed by atoms with Crippen molar-refractivity contribution in [1.82, 2.24) is 70.1 Å². The SMILES string of the molecule is CN(CCCC(=O)NCCNC(=O)O[C@@H]1[C@H](O)[C@@H](COP(=O)(O)OP(=O)(O)O)O[C@H]1n1cnc2c(N)ncnc21)C(=O)c1ccccc1-c1c2ccc(=[NH2+])c(S(=O)(=O)O)c-2oc2c(S(=O)(=O)[O-])c(N)ccc12.CN(CCCC(=O)NCCNC(=O)O[C@H]1[C@@H](O)[C@H](n2cnc3c(N)ncnc32)O[C@@H]1COP(=O)(O)OP(=O)(O)O)C(=O)c1ccccc1-c1c2ccc(=[NH2+])c(S(=O)(=O)O)c-2oc2c(S(=O)(=O)[O-])c(N)ccc12. The maximum atomic E-state index is 14.1. The van der Waals surface area contributed by atoms with Gasteiger partial charge in [0.2, 0.25) is 32.3 Å². The lowest BCUT2D eigenvalue weighted by molar-refractivity contribution is -0.177. The van der Waals surface area contributed by atoms with Crippen molar-refractivity contribution < 1.29 is 195 Å². The monoisotopic (exact) mass is 2170 g/mol. The fraction of sp³-hybridized carbons (Fsp3) is 0.289. The van der Waals surface area contributed by atoms with E-state index in [0.717, 1.165) is 49.6 Å². The van der Waals surface area contributed by atoms with Gasteiger partial charge in [-0.1, -0.05) is 36.4 Å². The maximum absolute atomic E-state index is 14.1. The van der Waals surface area contributed by atoms with Crippen LogP contribution in [0.4, 0.5) is 32.6 Å². The minimum Gasteiger partial charge on any atom is -0.744 e. The van der Waals surface area contributed by atoms with Crippen LogP contribution in [0, 0.1) is 0 Å². The topological polar surface area (TPSA) is 953 Å². The summed E-state index contributed by atoms with van der Waals surface area (Å²) in [5.74, 6) is -3.62. The summed E-state index contributed by atoms with van der Waals surface area (Å²) in [5.41, 5.74) is 21.5. The molecule has 2 fully saturated rings. The number of carbonyl (C=O) groups is 6. The van der Waals surface area contributed by atoms with Gasteiger partial charge in [-0.3, -0.25) is 57.3 Å². The Balaban J connectivity index is 0.000000241. The molecule has 0 saturated carbocycles. The molecule has 2 saturated heterocycles. The highest BCUT2D eigenvalue weighted by atomic mass is 32.2. The summed E-state index contributed by atoms with van der Waals surface area (Å²) >= 11 is 0. The summed E-state index contributed by atoms with van der Waals surface area (Å²) in [5, 5.41) is 42.9. The second-order valence-corrected chi connectivity index (χ2v) is 42.3. The van der Waals surface area contributed by atoms with Crippen molar-refractivity contribution in [2.75, 3.05) is 89.5 Å². The Kier molecular flexibility index (Phi) is 32.1. The number of hydrogen-bond donors (Lipinski definition) is 20. The van der Waals surface area contributed by atoms with Crippen LogP contribution in [0.3, 0.4) is 0 Å². The molecule has 4 aliphatic heterocycles. The van der Waals surface area contributed by atoms with Crippen LogP contribution in [0.15, 0.2) is 151 Å². The molecule has 14 rings (SSSR count). The number of benzene rings is 6. The van der Waals surface area contributed by atoms with Crippen molar-refractivity contribution in [3.63, 3.8) is 0 Å². The van der Waals surface area contributed by atoms with E-state index in [0.29, 0.717) is 0 Å². The molecule has 0 spiro atoms. The molecule has 6 amide bonds. The summed E-state index contributed by atoms with van der Waals surface area (Å²) in [6.45, 7) is -2.83. The number of alkyl carbamates (subject to hydrolysis) is 2. The molecular formula is C76H84N20O40P4S4. The zero-order chi connectivity index (χ0) is 105. The Morgan fingerprint density at radius 1 is 0.486 bits per heavy atom. The van der Waals surface area contributed by atoms with E-state index in [2.05, 4.69) is 68.8 Å². The second-order valence-electron chi connectivity index (χ2n) is 31.3. The quantitative estimate of drug-likeness (QED) is 0.00617. The molecular weight excluding hydrogens is 2090 g/mol. The molecule has 144 heavy (non-hydrogen) atoms. The van der Waals surface area contributed by atoms with Gasteiger partial charge in [0.1, 0.15) is 78.1 Å². The largest absolute Gasteiger partial charge is 0.744 e. The average molecular weight is 2170 g/mol. The van der Waals surface area contributed by atoms with Crippen LogP contribution in [0.25, 0.3) is 89.2 Å². The smallest absolute Gasteiger partial charge is 0.481 e. The van der Waals surface area contributed by atoms with E-state index >= 15 is 0 Å². The molecule has 26 N–H and O–H groups in total. The molecule has 4 aromatic heterocycles. The zero-order valence-corrected chi connectivity index (χ0v) is 80.6. The molecule has 4 aromatic carbocycles. The van der Waals surface area contributed by atoms with E-state index in [-0.39, 0.29) is 154 Å². The third kappa shape index (κ3) is 24.6. The van der Waals surface area contributed by atoms with Gasteiger partial charge in [-0.05, 0) is 72.5 Å². The van der Waals surface area contributed by atoms with Crippen LogP contribution in [0.1, 0.15) is 58.9 Å². The number of hydrogen-bond acceptors (Lipinski definition) is 42. The molecule has 772 valence electrons. The van der Waals surface area contributed by atoms with Crippen LogP contribution in [-0.2, 0) is 105 Å². The molecule has 68 heteroatoms. The van der Waals surface area contributed by atoms with Crippen LogP contribution in [0.2, 0.25) is 0 Å². The van der Waals surface area contributed by atoms with Crippen molar-refractivity contribution in [3.05, 3.63) is 144 Å². The lowest BCUT2D eigenvalue weighted by Gasteiger charge is -2.23. The molecule has 8 heterocycles. The number of nitrogens with zero attached hydrogens (tertiary/aromatic N) is 10. The third-order valence-corrected chi connectivity index (χ3v) is 29.5. The van der Waals surface area contributed by atoms with Gasteiger partial charge in [-0.25, -0.2) is 74.6 Å². The normalized spacial score (nSPS) is 18.3. The Morgan fingerprint density at radius 3 is 1.27 bits per heavy atom. The molecule has 60 nitrogen and oxygen atoms in total. The first-order chi connectivity index (χ1) is 67.3. The van der Waals surface area contributed by atoms with Crippen LogP contribution < -0.4 is 65.7 Å². The fourth-order valence-corrected chi connectivity index (χ4v) is 21.6. The Hall–Kier alpha value is -13.0. The molecule has 0 radical (unpaired) electrons. The van der Waals surface area contributed by atoms with Gasteiger partial charge < -0.3 is 130 Å². The Labute approximate surface area is 808 Å². The van der Waals surface area contributed by atoms with Crippen LogP contribution in [-0.4, -0.2) is 279 Å². The van der Waals surface area contributed by atoms with Gasteiger partial charge >= 0.3 is 63.7 Å². The minimum atomic E-state index is -5.52. The molecule has 0 bridgehead atoms. The van der Waals surface area contributed by atoms with Gasteiger partial charge in [0, 0.05) is 122 Å². The number of carbonyl (C=O) groups excluding carboxylic acids is 6. The number of anilines is 4. The number of aliphatic hydroxyl groups excluding tert-OH is 2. The number of fused-ring (bicyclic) bond motifs is 6. The standard InChI is InChI=1S/2C38H42N10O20P2S2/c1-47(36(51)19-6-3-2-5-18(19)26-20-8-10-22(39)32(71(58,59)60)29(20)66-30-21(26)9-11-23(40)33(30)72(61,62)63)14-4-7-25(49)42-12-13-43-38(52)67-31-24(15-64-70(56,57)68-69(53,54)55)65-37(28(31)50)48-17-46-27-34(41)44-16-45-35(27)48;1-47(36(51)19-6-3-2-5-18(19)26-20-8-10-22(39)32(71(58,59)60)29(20)66-30-21(26)9-11-23(40)33(30)72(61,62)63)14-4-7-25(49)42-12-13-43-38(52)67-31-28(50)24(15-64-70(56,57)68-69(53,54)55)65-37(31)48-17-46-27-34(41)44-16-45-35(27)48/h2*2-3,5-6,8-11,16-17,24,28,31,37,39,50H,4,7,12-15,40H2,1H3,(H,42,49)(H,43,52)(H,56,57)(H2,41,44,45)(H2,53,54,55)(H,58,59,60)(H,61,62,63)/t2*24-,28-,31-,37-/m11/s1. The average Bonchev–Trinajstić information content (AvgIpc) is 1.01. The molecule has 2 aliphatic carbocycles. The second kappa shape index (κ2) is 42.7. The summed E-state index contributed by atoms with van der Waals surface area (Å²) in [4.78, 5) is 158. The van der Waals surface area contributed by atoms with E-state index in [1.54, 1.807) is 0 Å². The highest BCUT2D eigenvalue weighted by molar-refractivity contribution is 7.87. The molecule has 2 unspecified atom stereocenters. The van der Waals surface area contributed by atoms with Crippen molar-refractivity contribution >= 4 is 175 Å². The van der Waals surface area contributed by atoms with Crippen molar-refractivity contribution in [2.45, 2.75) is 94.3 Å². The Bertz CT molecular complexity index is 7870. The molecule has 6 aliphatic rings. The zero-order valence-electron chi connectivity index (χ0n) is 73.7. The van der Waals surface area contributed by atoms with Crippen molar-refractivity contribution in [3.8, 4) is 44.9 Å². The number of imidazole rings is 2. The predicted molar refractivity (Wildman–Crippen MR) is 483 cm³/mol.